The SMILES string of the molecule is CC(=O)N[C@@H](CCCN=C(N)N)C(=O)N[C@H]1CCCNC(=O)CC[C@@H](C(N)=O)NC(=O)[C@H](Cc2c[nH]c3ccccc23)CC(=O)[C@H](CCCN=C(N)N)CC(=O)[C@@H](Cc2ccccc2C)NC(=O)[C@H](CC(N)=O)NC1=O. The number of ketones is 2. The molecular formula is C51H73N15O10. The van der Waals surface area contributed by atoms with Crippen LogP contribution in [0.25, 0.3) is 10.9 Å². The van der Waals surface area contributed by atoms with Gasteiger partial charge in [0.25, 0.3) is 0 Å². The number of aryl methyl sites for hydroxylation is 1. The standard InChI is InChI=1S/C51H73N15O10/c1-28-10-3-4-11-30(28)23-39-42(69)24-31(12-7-20-59-50(54)55)41(68)25-32(22-33-27-61-35-14-6-5-13-34(33)35)46(73)63-36(45(53)72)17-18-44(71)58-19-8-16-38(48(75)66-40(26-43(52)70)49(76)65-39)64-47(74)37(62-29(2)67)15-9-21-60-51(56)57/h3-6,10-11,13-14,27,31-32,36-40,61H,7-9,12,15-26H2,1-2H3,(H2,52,70)(H2,53,72)(H,58,71)(H,62,67)(H,63,73)(H,64,74)(H,65,76)(H,66,75)(H4,54,55,59)(H4,56,57,60)/t31-,32-,36+,37+,38+,39-,40+/m1/s1. The first-order valence-electron chi connectivity index (χ1n) is 25.2. The maximum atomic E-state index is 14.8. The number of primary amides is 2. The van der Waals surface area contributed by atoms with E-state index in [0.29, 0.717) is 11.1 Å². The van der Waals surface area contributed by atoms with Crippen molar-refractivity contribution >= 4 is 81.6 Å². The van der Waals surface area contributed by atoms with Gasteiger partial charge < -0.3 is 71.3 Å². The molecule has 1 fully saturated rings. The van der Waals surface area contributed by atoms with Gasteiger partial charge in [-0.15, -0.1) is 0 Å². The number of nitrogens with one attached hydrogen (secondary N) is 7. The molecule has 7 atom stereocenters. The van der Waals surface area contributed by atoms with Gasteiger partial charge in [0.15, 0.2) is 17.7 Å². The minimum Gasteiger partial charge on any atom is -0.370 e. The maximum absolute atomic E-state index is 14.8. The van der Waals surface area contributed by atoms with E-state index in [1.807, 2.05) is 24.3 Å². The largest absolute Gasteiger partial charge is 0.370 e. The van der Waals surface area contributed by atoms with E-state index in [2.05, 4.69) is 46.9 Å². The molecular weight excluding hydrogens is 983 g/mol. The first-order chi connectivity index (χ1) is 36.1. The van der Waals surface area contributed by atoms with Gasteiger partial charge in [-0.25, -0.2) is 0 Å². The fraction of sp³-hybridized carbons (Fsp3) is 0.490. The molecule has 8 amide bonds. The molecule has 4 rings (SSSR count). The Hall–Kier alpha value is -8.38. The summed E-state index contributed by atoms with van der Waals surface area (Å²) in [6.07, 6.45) is -0.126. The van der Waals surface area contributed by atoms with E-state index < -0.39 is 120 Å². The number of aliphatic imine (C=N–C) groups is 2. The van der Waals surface area contributed by atoms with Gasteiger partial charge in [-0.3, -0.25) is 57.9 Å². The summed E-state index contributed by atoms with van der Waals surface area (Å²) >= 11 is 0. The quantitative estimate of drug-likeness (QED) is 0.0373. The van der Waals surface area contributed by atoms with Crippen LogP contribution in [0.1, 0.15) is 94.2 Å². The van der Waals surface area contributed by atoms with Crippen molar-refractivity contribution in [1.29, 1.82) is 0 Å². The first kappa shape index (κ1) is 60.2. The Morgan fingerprint density at radius 1 is 0.724 bits per heavy atom. The van der Waals surface area contributed by atoms with Crippen molar-refractivity contribution < 1.29 is 47.9 Å². The number of guanidine groups is 2. The van der Waals surface area contributed by atoms with Gasteiger partial charge in [0.2, 0.25) is 47.3 Å². The second-order valence-corrected chi connectivity index (χ2v) is 18.9. The van der Waals surface area contributed by atoms with E-state index in [9.17, 15) is 47.9 Å². The summed E-state index contributed by atoms with van der Waals surface area (Å²) in [7, 11) is 0. The number of rotatable bonds is 18. The third-order valence-corrected chi connectivity index (χ3v) is 12.9. The number of aromatic amines is 1. The fourth-order valence-corrected chi connectivity index (χ4v) is 8.83. The number of hydrogen-bond donors (Lipinski definition) is 13. The van der Waals surface area contributed by atoms with Crippen LogP contribution < -0.4 is 66.3 Å². The number of amides is 8. The zero-order valence-electron chi connectivity index (χ0n) is 43.0. The summed E-state index contributed by atoms with van der Waals surface area (Å²) in [5.74, 6) is -10.2. The summed E-state index contributed by atoms with van der Waals surface area (Å²) in [6, 6.07) is 7.34. The molecule has 412 valence electrons. The van der Waals surface area contributed by atoms with Gasteiger partial charge in [0.1, 0.15) is 30.0 Å². The number of aromatic nitrogens is 1. The Balaban J connectivity index is 1.79. The number of Topliss-reactive ketones (excluding diaryl/α,β-unsaturated/α-hetero) is 2. The summed E-state index contributed by atoms with van der Waals surface area (Å²) in [6.45, 7) is 3.11. The highest BCUT2D eigenvalue weighted by Crippen LogP contribution is 2.26. The second kappa shape index (κ2) is 30.1. The lowest BCUT2D eigenvalue weighted by atomic mass is 9.83. The van der Waals surface area contributed by atoms with E-state index >= 15 is 0 Å². The number of para-hydroxylation sites is 1. The van der Waals surface area contributed by atoms with Crippen LogP contribution in [-0.4, -0.2) is 126 Å². The minimum atomic E-state index is -1.71. The van der Waals surface area contributed by atoms with Crippen LogP contribution in [0.2, 0.25) is 0 Å². The number of fused-ring (bicyclic) bond motifs is 1. The summed E-state index contributed by atoms with van der Waals surface area (Å²) in [5, 5.41) is 16.5. The molecule has 1 aliphatic heterocycles. The topological polar surface area (TPSA) is 440 Å². The lowest BCUT2D eigenvalue weighted by Crippen LogP contribution is -2.58. The van der Waals surface area contributed by atoms with Crippen molar-refractivity contribution in [3.05, 3.63) is 71.4 Å². The van der Waals surface area contributed by atoms with E-state index in [1.54, 1.807) is 37.4 Å². The zero-order valence-corrected chi connectivity index (χ0v) is 43.0. The molecule has 76 heavy (non-hydrogen) atoms. The molecule has 25 heteroatoms. The smallest absolute Gasteiger partial charge is 0.243 e. The molecule has 1 aliphatic rings. The average molecular weight is 1060 g/mol. The molecule has 19 N–H and O–H groups in total. The summed E-state index contributed by atoms with van der Waals surface area (Å²) in [4.78, 5) is 148. The normalized spacial score (nSPS) is 21.1. The van der Waals surface area contributed by atoms with Gasteiger partial charge in [-0.1, -0.05) is 42.5 Å². The Morgan fingerprint density at radius 2 is 1.38 bits per heavy atom. The highest BCUT2D eigenvalue weighted by molar-refractivity contribution is 5.99. The van der Waals surface area contributed by atoms with Crippen molar-refractivity contribution in [2.45, 2.75) is 128 Å². The second-order valence-electron chi connectivity index (χ2n) is 18.9. The molecule has 1 aromatic heterocycles. The molecule has 25 nitrogen and oxygen atoms in total. The third kappa shape index (κ3) is 20.1. The van der Waals surface area contributed by atoms with Gasteiger partial charge in [0.05, 0.1) is 12.5 Å². The highest BCUT2D eigenvalue weighted by atomic mass is 16.2. The Morgan fingerprint density at radius 3 is 2.05 bits per heavy atom. The van der Waals surface area contributed by atoms with E-state index in [-0.39, 0.29) is 95.8 Å². The van der Waals surface area contributed by atoms with Crippen molar-refractivity contribution in [2.24, 2.45) is 56.2 Å². The zero-order chi connectivity index (χ0) is 55.9. The third-order valence-electron chi connectivity index (χ3n) is 12.9. The summed E-state index contributed by atoms with van der Waals surface area (Å²) in [5.41, 5.74) is 36.3. The Labute approximate surface area is 440 Å². The molecule has 0 saturated carbocycles. The lowest BCUT2D eigenvalue weighted by molar-refractivity contribution is -0.136. The van der Waals surface area contributed by atoms with Crippen molar-refractivity contribution in [1.82, 2.24) is 36.9 Å². The first-order valence-corrected chi connectivity index (χ1v) is 25.2. The number of hydrogen-bond acceptors (Lipinski definition) is 12. The molecule has 3 aromatic rings. The molecule has 2 heterocycles. The molecule has 1 saturated heterocycles. The minimum absolute atomic E-state index is 0.00985. The lowest BCUT2D eigenvalue weighted by Gasteiger charge is -2.27. The number of nitrogens with two attached hydrogens (primary N) is 6. The van der Waals surface area contributed by atoms with E-state index in [1.165, 1.54) is 6.92 Å². The predicted molar refractivity (Wildman–Crippen MR) is 283 cm³/mol. The van der Waals surface area contributed by atoms with Crippen LogP contribution in [0.3, 0.4) is 0 Å². The highest BCUT2D eigenvalue weighted by Gasteiger charge is 2.36. The van der Waals surface area contributed by atoms with Gasteiger partial charge in [0, 0.05) is 74.8 Å². The van der Waals surface area contributed by atoms with Crippen LogP contribution in [0.15, 0.2) is 64.7 Å². The van der Waals surface area contributed by atoms with Gasteiger partial charge in [-0.05, 0) is 87.5 Å². The van der Waals surface area contributed by atoms with Crippen LogP contribution in [0.4, 0.5) is 0 Å². The van der Waals surface area contributed by atoms with E-state index in [0.717, 1.165) is 16.5 Å². The maximum Gasteiger partial charge on any atom is 0.243 e. The Kier molecular flexibility index (Phi) is 23.8. The average Bonchev–Trinajstić information content (AvgIpc) is 3.76. The van der Waals surface area contributed by atoms with Crippen molar-refractivity contribution in [3.63, 3.8) is 0 Å². The Bertz CT molecular complexity index is 2630. The van der Waals surface area contributed by atoms with Gasteiger partial charge >= 0.3 is 0 Å². The number of nitrogens with zero attached hydrogens (tertiary/aromatic N) is 2. The van der Waals surface area contributed by atoms with Gasteiger partial charge in [-0.2, -0.15) is 0 Å². The molecule has 0 spiro atoms. The molecule has 0 aliphatic carbocycles. The van der Waals surface area contributed by atoms with Crippen LogP contribution in [0, 0.1) is 18.8 Å². The van der Waals surface area contributed by atoms with Crippen LogP contribution >= 0.6 is 0 Å². The number of H-pyrrole nitrogens is 1. The number of benzene rings is 2. The van der Waals surface area contributed by atoms with E-state index in [4.69, 9.17) is 34.4 Å². The number of carbonyl (C=O) groups is 10. The molecule has 2 aromatic carbocycles. The van der Waals surface area contributed by atoms with Crippen molar-refractivity contribution in [2.75, 3.05) is 19.6 Å². The van der Waals surface area contributed by atoms with Crippen LogP contribution in [-0.2, 0) is 60.8 Å². The molecule has 0 radical (unpaired) electrons. The predicted octanol–water partition coefficient (Wildman–Crippen LogP) is -1.99. The monoisotopic (exact) mass is 1060 g/mol. The van der Waals surface area contributed by atoms with Crippen LogP contribution in [0.5, 0.6) is 0 Å². The fourth-order valence-electron chi connectivity index (χ4n) is 8.83. The molecule has 0 bridgehead atoms. The van der Waals surface area contributed by atoms with Crippen molar-refractivity contribution in [3.8, 4) is 0 Å². The number of carbonyl (C=O) groups excluding carboxylic acids is 10. The molecule has 0 unspecified atom stereocenters. The summed E-state index contributed by atoms with van der Waals surface area (Å²) < 4.78 is 0.